The molecule has 1 atom stereocenters. The van der Waals surface area contributed by atoms with Crippen LogP contribution in [0.25, 0.3) is 11.0 Å². The number of hydrogen-bond donors (Lipinski definition) is 0. The van der Waals surface area contributed by atoms with E-state index in [0.717, 1.165) is 27.8 Å². The van der Waals surface area contributed by atoms with Crippen LogP contribution in [0.4, 0.5) is 0 Å². The molecule has 0 N–H and O–H groups in total. The SMILES string of the molecule is COC(=O)CC(c1cc(OC)c2c(c1)nnn2C)c1cccc2c1CCN(C(=O)c1ccc(OC)cc1)C2. The number of methoxy groups -OCH3 is 3. The Hall–Kier alpha value is -4.40. The van der Waals surface area contributed by atoms with Crippen molar-refractivity contribution in [1.82, 2.24) is 19.9 Å². The van der Waals surface area contributed by atoms with Gasteiger partial charge in [0.1, 0.15) is 22.5 Å². The van der Waals surface area contributed by atoms with Gasteiger partial charge in [0.15, 0.2) is 0 Å². The second-order valence-corrected chi connectivity index (χ2v) is 9.33. The number of benzene rings is 3. The molecule has 9 heteroatoms. The minimum absolute atomic E-state index is 0.0207. The molecule has 9 nitrogen and oxygen atoms in total. The van der Waals surface area contributed by atoms with E-state index in [9.17, 15) is 9.59 Å². The van der Waals surface area contributed by atoms with Crippen molar-refractivity contribution in [3.05, 3.63) is 82.4 Å². The summed E-state index contributed by atoms with van der Waals surface area (Å²) in [4.78, 5) is 27.6. The Balaban J connectivity index is 1.51. The zero-order chi connectivity index (χ0) is 26.8. The molecule has 0 aliphatic carbocycles. The lowest BCUT2D eigenvalue weighted by Gasteiger charge is -2.32. The highest BCUT2D eigenvalue weighted by Gasteiger charge is 2.29. The first kappa shape index (κ1) is 25.3. The van der Waals surface area contributed by atoms with Gasteiger partial charge in [-0.05, 0) is 65.1 Å². The number of esters is 1. The van der Waals surface area contributed by atoms with Crippen molar-refractivity contribution in [3.8, 4) is 11.5 Å². The van der Waals surface area contributed by atoms with Gasteiger partial charge in [0.05, 0.1) is 27.8 Å². The molecule has 3 aromatic carbocycles. The fourth-order valence-corrected chi connectivity index (χ4v) is 5.24. The standard InChI is InChI=1S/C29H30N4O5/c1-32-28-25(30-31-32)14-20(15-26(28)37-3)24(16-27(34)38-4)23-7-5-6-19-17-33(13-12-22(19)23)29(35)18-8-10-21(36-2)11-9-18/h5-11,14-15,24H,12-13,16-17H2,1-4H3. The van der Waals surface area contributed by atoms with Crippen molar-refractivity contribution in [2.45, 2.75) is 25.3 Å². The summed E-state index contributed by atoms with van der Waals surface area (Å²) in [5.41, 5.74) is 6.25. The quantitative estimate of drug-likeness (QED) is 0.346. The first-order valence-corrected chi connectivity index (χ1v) is 12.4. The highest BCUT2D eigenvalue weighted by Crippen LogP contribution is 2.38. The molecule has 4 aromatic rings. The molecule has 1 aromatic heterocycles. The van der Waals surface area contributed by atoms with Crippen molar-refractivity contribution in [1.29, 1.82) is 0 Å². The third-order valence-corrected chi connectivity index (χ3v) is 7.21. The van der Waals surface area contributed by atoms with Crippen LogP contribution in [0.15, 0.2) is 54.6 Å². The van der Waals surface area contributed by atoms with Gasteiger partial charge < -0.3 is 19.1 Å². The summed E-state index contributed by atoms with van der Waals surface area (Å²) in [6, 6.07) is 17.2. The van der Waals surface area contributed by atoms with E-state index in [-0.39, 0.29) is 24.2 Å². The fraction of sp³-hybridized carbons (Fsp3) is 0.310. The Morgan fingerprint density at radius 1 is 1.03 bits per heavy atom. The highest BCUT2D eigenvalue weighted by molar-refractivity contribution is 5.94. The van der Waals surface area contributed by atoms with Gasteiger partial charge in [0, 0.05) is 31.6 Å². The molecule has 5 rings (SSSR count). The maximum absolute atomic E-state index is 13.2. The Labute approximate surface area is 220 Å². The van der Waals surface area contributed by atoms with Crippen molar-refractivity contribution in [2.24, 2.45) is 7.05 Å². The summed E-state index contributed by atoms with van der Waals surface area (Å²) in [5, 5.41) is 8.42. The van der Waals surface area contributed by atoms with E-state index in [1.165, 1.54) is 7.11 Å². The fourth-order valence-electron chi connectivity index (χ4n) is 5.24. The van der Waals surface area contributed by atoms with Gasteiger partial charge in [-0.25, -0.2) is 4.68 Å². The number of amides is 1. The van der Waals surface area contributed by atoms with Crippen molar-refractivity contribution < 1.29 is 23.8 Å². The molecular formula is C29H30N4O5. The first-order valence-electron chi connectivity index (χ1n) is 12.4. The lowest BCUT2D eigenvalue weighted by molar-refractivity contribution is -0.140. The number of fused-ring (bicyclic) bond motifs is 2. The summed E-state index contributed by atoms with van der Waals surface area (Å²) in [7, 11) is 6.43. The van der Waals surface area contributed by atoms with Crippen LogP contribution < -0.4 is 9.47 Å². The van der Waals surface area contributed by atoms with Crippen molar-refractivity contribution >= 4 is 22.9 Å². The zero-order valence-corrected chi connectivity index (χ0v) is 21.9. The summed E-state index contributed by atoms with van der Waals surface area (Å²) in [6.45, 7) is 1.07. The molecule has 1 unspecified atom stereocenters. The Morgan fingerprint density at radius 2 is 1.82 bits per heavy atom. The molecule has 1 aliphatic heterocycles. The van der Waals surface area contributed by atoms with Crippen LogP contribution in [0.5, 0.6) is 11.5 Å². The van der Waals surface area contributed by atoms with E-state index in [4.69, 9.17) is 14.2 Å². The van der Waals surface area contributed by atoms with E-state index in [2.05, 4.69) is 16.4 Å². The monoisotopic (exact) mass is 514 g/mol. The van der Waals surface area contributed by atoms with Gasteiger partial charge in [0.25, 0.3) is 5.91 Å². The zero-order valence-electron chi connectivity index (χ0n) is 21.9. The number of aryl methyl sites for hydroxylation is 1. The minimum Gasteiger partial charge on any atom is -0.497 e. The predicted molar refractivity (Wildman–Crippen MR) is 141 cm³/mol. The van der Waals surface area contributed by atoms with Gasteiger partial charge in [-0.15, -0.1) is 5.10 Å². The van der Waals surface area contributed by atoms with Gasteiger partial charge in [0.2, 0.25) is 0 Å². The van der Waals surface area contributed by atoms with Crippen molar-refractivity contribution in [3.63, 3.8) is 0 Å². The maximum atomic E-state index is 13.2. The summed E-state index contributed by atoms with van der Waals surface area (Å²) in [6.07, 6.45) is 0.839. The van der Waals surface area contributed by atoms with Gasteiger partial charge in [-0.1, -0.05) is 23.4 Å². The summed E-state index contributed by atoms with van der Waals surface area (Å²) < 4.78 is 17.6. The number of carbonyl (C=O) groups excluding carboxylic acids is 2. The Bertz CT molecular complexity index is 1500. The molecule has 0 saturated heterocycles. The van der Waals surface area contributed by atoms with Crippen LogP contribution in [-0.4, -0.2) is 59.6 Å². The topological polar surface area (TPSA) is 95.8 Å². The van der Waals surface area contributed by atoms with Crippen LogP contribution in [-0.2, 0) is 29.5 Å². The van der Waals surface area contributed by atoms with Gasteiger partial charge in [-0.3, -0.25) is 9.59 Å². The van der Waals surface area contributed by atoms with Crippen LogP contribution in [0, 0.1) is 0 Å². The van der Waals surface area contributed by atoms with Gasteiger partial charge >= 0.3 is 5.97 Å². The second-order valence-electron chi connectivity index (χ2n) is 9.33. The third kappa shape index (κ3) is 4.67. The number of aromatic nitrogens is 3. The maximum Gasteiger partial charge on any atom is 0.306 e. The van der Waals surface area contributed by atoms with E-state index in [1.54, 1.807) is 43.2 Å². The predicted octanol–water partition coefficient (Wildman–Crippen LogP) is 3.88. The molecule has 2 heterocycles. The van der Waals surface area contributed by atoms with E-state index in [1.807, 2.05) is 36.2 Å². The van der Waals surface area contributed by atoms with E-state index in [0.29, 0.717) is 42.1 Å². The average molecular weight is 515 g/mol. The molecule has 0 bridgehead atoms. The number of carbonyl (C=O) groups is 2. The Morgan fingerprint density at radius 3 is 2.53 bits per heavy atom. The van der Waals surface area contributed by atoms with Gasteiger partial charge in [-0.2, -0.15) is 0 Å². The lowest BCUT2D eigenvalue weighted by Crippen LogP contribution is -2.36. The van der Waals surface area contributed by atoms with Crippen molar-refractivity contribution in [2.75, 3.05) is 27.9 Å². The van der Waals surface area contributed by atoms with Crippen LogP contribution in [0.2, 0.25) is 0 Å². The number of hydrogen-bond acceptors (Lipinski definition) is 7. The van der Waals surface area contributed by atoms with Crippen LogP contribution in [0.1, 0.15) is 45.0 Å². The molecule has 1 aliphatic rings. The minimum atomic E-state index is -0.307. The normalized spacial score (nSPS) is 13.6. The highest BCUT2D eigenvalue weighted by atomic mass is 16.5. The molecule has 0 radical (unpaired) electrons. The molecule has 196 valence electrons. The molecule has 0 spiro atoms. The summed E-state index contributed by atoms with van der Waals surface area (Å²) in [5.74, 6) is 0.746. The smallest absolute Gasteiger partial charge is 0.306 e. The molecule has 0 fully saturated rings. The molecule has 0 saturated carbocycles. The number of nitrogens with zero attached hydrogens (tertiary/aromatic N) is 4. The third-order valence-electron chi connectivity index (χ3n) is 7.21. The number of ether oxygens (including phenoxy) is 3. The largest absolute Gasteiger partial charge is 0.497 e. The second kappa shape index (κ2) is 10.5. The van der Waals surface area contributed by atoms with E-state index >= 15 is 0 Å². The molecule has 1 amide bonds. The van der Waals surface area contributed by atoms with Crippen LogP contribution in [0.3, 0.4) is 0 Å². The lowest BCUT2D eigenvalue weighted by atomic mass is 9.82. The molecular weight excluding hydrogens is 484 g/mol. The first-order chi connectivity index (χ1) is 18.4. The van der Waals surface area contributed by atoms with Crippen LogP contribution >= 0.6 is 0 Å². The Kier molecular flexibility index (Phi) is 7.00. The van der Waals surface area contributed by atoms with E-state index < -0.39 is 0 Å². The summed E-state index contributed by atoms with van der Waals surface area (Å²) >= 11 is 0. The average Bonchev–Trinajstić information content (AvgIpc) is 3.34. The molecule has 38 heavy (non-hydrogen) atoms. The number of rotatable bonds is 7.